The van der Waals surface area contributed by atoms with Crippen LogP contribution in [0.15, 0.2) is 78.9 Å². The van der Waals surface area contributed by atoms with Gasteiger partial charge in [-0.25, -0.2) is 0 Å². The largest absolute Gasteiger partial charge is 0.458 e. The van der Waals surface area contributed by atoms with Crippen LogP contribution in [0.1, 0.15) is 43.4 Å². The van der Waals surface area contributed by atoms with E-state index in [1.807, 2.05) is 73.6 Å². The first-order valence-corrected chi connectivity index (χ1v) is 11.4. The minimum Gasteiger partial charge on any atom is -0.458 e. The number of carbonyl (C=O) groups excluding carboxylic acids is 3. The number of hydrogen-bond donors (Lipinski definition) is 0. The molecular weight excluding hydrogens is 428 g/mol. The lowest BCUT2D eigenvalue weighted by Crippen LogP contribution is -2.44. The Morgan fingerprint density at radius 3 is 2.15 bits per heavy atom. The average Bonchev–Trinajstić information content (AvgIpc) is 3.31. The van der Waals surface area contributed by atoms with E-state index in [1.165, 1.54) is 4.90 Å². The van der Waals surface area contributed by atoms with Crippen LogP contribution in [0.2, 0.25) is 0 Å². The molecule has 1 aliphatic heterocycles. The first-order chi connectivity index (χ1) is 16.5. The van der Waals surface area contributed by atoms with Crippen molar-refractivity contribution < 1.29 is 19.1 Å². The maximum absolute atomic E-state index is 13.4. The quantitative estimate of drug-likeness (QED) is 0.420. The number of rotatable bonds is 6. The number of benzene rings is 3. The maximum atomic E-state index is 13.4. The van der Waals surface area contributed by atoms with Crippen LogP contribution in [0, 0.1) is 0 Å². The van der Waals surface area contributed by atoms with E-state index in [9.17, 15) is 14.4 Å². The van der Waals surface area contributed by atoms with E-state index in [1.54, 1.807) is 24.3 Å². The van der Waals surface area contributed by atoms with E-state index in [-0.39, 0.29) is 17.8 Å². The smallest absolute Gasteiger partial charge is 0.324 e. The lowest BCUT2D eigenvalue weighted by atomic mass is 10.0. The first kappa shape index (κ1) is 22.0. The summed E-state index contributed by atoms with van der Waals surface area (Å²) in [5, 5.41) is 0. The Bertz CT molecular complexity index is 1220. The summed E-state index contributed by atoms with van der Waals surface area (Å²) in [7, 11) is 3.69. The van der Waals surface area contributed by atoms with Crippen LogP contribution in [0.3, 0.4) is 0 Å². The van der Waals surface area contributed by atoms with Crippen LogP contribution in [-0.4, -0.2) is 53.8 Å². The van der Waals surface area contributed by atoms with Crippen molar-refractivity contribution in [1.82, 2.24) is 9.80 Å². The fraction of sp³-hybridized carbons (Fsp3) is 0.250. The zero-order valence-electron chi connectivity index (χ0n) is 19.2. The number of likely N-dealkylation sites (N-methyl/N-ethyl adjacent to an activating group) is 1. The third kappa shape index (κ3) is 3.80. The van der Waals surface area contributed by atoms with Gasteiger partial charge in [0, 0.05) is 6.42 Å². The third-order valence-corrected chi connectivity index (χ3v) is 6.69. The number of carbonyl (C=O) groups is 3. The Morgan fingerprint density at radius 2 is 1.50 bits per heavy atom. The van der Waals surface area contributed by atoms with Gasteiger partial charge in [-0.1, -0.05) is 66.7 Å². The van der Waals surface area contributed by atoms with Crippen molar-refractivity contribution in [2.45, 2.75) is 31.0 Å². The van der Waals surface area contributed by atoms with E-state index in [2.05, 4.69) is 0 Å². The van der Waals surface area contributed by atoms with Crippen LogP contribution in [0.25, 0.3) is 0 Å². The molecule has 0 saturated carbocycles. The molecule has 3 aromatic rings. The third-order valence-electron chi connectivity index (χ3n) is 6.69. The Labute approximate surface area is 198 Å². The van der Waals surface area contributed by atoms with Crippen molar-refractivity contribution >= 4 is 17.8 Å². The monoisotopic (exact) mass is 454 g/mol. The Hall–Kier alpha value is -3.77. The van der Waals surface area contributed by atoms with E-state index in [0.29, 0.717) is 24.0 Å². The molecule has 0 N–H and O–H groups in total. The first-order valence-electron chi connectivity index (χ1n) is 11.4. The summed E-state index contributed by atoms with van der Waals surface area (Å²) in [6, 6.07) is 23.1. The predicted molar refractivity (Wildman–Crippen MR) is 127 cm³/mol. The molecule has 34 heavy (non-hydrogen) atoms. The lowest BCUT2D eigenvalue weighted by molar-refractivity contribution is -0.156. The highest BCUT2D eigenvalue weighted by Crippen LogP contribution is 2.41. The average molecular weight is 455 g/mol. The van der Waals surface area contributed by atoms with Gasteiger partial charge in [-0.2, -0.15) is 0 Å². The van der Waals surface area contributed by atoms with Gasteiger partial charge < -0.3 is 4.74 Å². The molecule has 6 heteroatoms. The minimum atomic E-state index is -0.660. The van der Waals surface area contributed by atoms with Crippen molar-refractivity contribution in [2.24, 2.45) is 0 Å². The van der Waals surface area contributed by atoms with Gasteiger partial charge in [-0.15, -0.1) is 0 Å². The molecule has 0 saturated heterocycles. The highest BCUT2D eigenvalue weighted by Gasteiger charge is 2.48. The molecule has 0 aromatic heterocycles. The van der Waals surface area contributed by atoms with Crippen molar-refractivity contribution in [3.63, 3.8) is 0 Å². The summed E-state index contributed by atoms with van der Waals surface area (Å²) in [5.74, 6) is -1.07. The molecule has 2 amide bonds. The van der Waals surface area contributed by atoms with E-state index in [0.717, 1.165) is 16.7 Å². The van der Waals surface area contributed by atoms with Gasteiger partial charge in [0.15, 0.2) is 0 Å². The lowest BCUT2D eigenvalue weighted by Gasteiger charge is -2.30. The standard InChI is InChI=1S/C28H26N2O4/c1-29(2)23(16-18-10-4-3-5-11-18)28(33)34-24-17-19-12-6-7-13-20(19)25(24)30-26(31)21-14-8-9-15-22(21)27(30)32/h3-15,23-25H,16-17H2,1-2H3/t23-,24+,25-/m0/s1. The summed E-state index contributed by atoms with van der Waals surface area (Å²) in [4.78, 5) is 43.1. The summed E-state index contributed by atoms with van der Waals surface area (Å²) in [6.45, 7) is 0. The fourth-order valence-corrected chi connectivity index (χ4v) is 4.95. The van der Waals surface area contributed by atoms with Gasteiger partial charge in [0.1, 0.15) is 18.2 Å². The molecule has 3 aromatic carbocycles. The molecule has 3 atom stereocenters. The molecule has 0 spiro atoms. The van der Waals surface area contributed by atoms with Gasteiger partial charge in [-0.05, 0) is 49.3 Å². The molecule has 0 unspecified atom stereocenters. The van der Waals surface area contributed by atoms with E-state index < -0.39 is 18.2 Å². The number of amides is 2. The zero-order valence-corrected chi connectivity index (χ0v) is 19.2. The van der Waals surface area contributed by atoms with Gasteiger partial charge in [0.2, 0.25) is 0 Å². The number of esters is 1. The SMILES string of the molecule is CN(C)[C@@H](Cc1ccccc1)C(=O)O[C@@H]1Cc2ccccc2[C@@H]1N1C(=O)c2ccccc2C1=O. The molecule has 1 aliphatic carbocycles. The van der Waals surface area contributed by atoms with Gasteiger partial charge >= 0.3 is 5.97 Å². The normalized spacial score (nSPS) is 19.8. The molecule has 2 aliphatic rings. The summed E-state index contributed by atoms with van der Waals surface area (Å²) >= 11 is 0. The van der Waals surface area contributed by atoms with Crippen LogP contribution in [0.4, 0.5) is 0 Å². The molecular formula is C28H26N2O4. The van der Waals surface area contributed by atoms with Crippen molar-refractivity contribution in [3.05, 3.63) is 107 Å². The summed E-state index contributed by atoms with van der Waals surface area (Å²) in [6.07, 6.45) is 0.306. The van der Waals surface area contributed by atoms with Crippen LogP contribution >= 0.6 is 0 Å². The Balaban J connectivity index is 1.45. The predicted octanol–water partition coefficient (Wildman–Crippen LogP) is 3.66. The second kappa shape index (κ2) is 8.88. The van der Waals surface area contributed by atoms with Gasteiger partial charge in [0.25, 0.3) is 11.8 Å². The minimum absolute atomic E-state index is 0.350. The van der Waals surface area contributed by atoms with Gasteiger partial charge in [0.05, 0.1) is 11.1 Å². The van der Waals surface area contributed by atoms with Crippen molar-refractivity contribution in [1.29, 1.82) is 0 Å². The second-order valence-corrected chi connectivity index (χ2v) is 9.02. The maximum Gasteiger partial charge on any atom is 0.324 e. The van der Waals surface area contributed by atoms with Crippen LogP contribution in [0.5, 0.6) is 0 Å². The number of ether oxygens (including phenoxy) is 1. The highest BCUT2D eigenvalue weighted by atomic mass is 16.5. The van der Waals surface area contributed by atoms with E-state index >= 15 is 0 Å². The molecule has 1 heterocycles. The number of hydrogen-bond acceptors (Lipinski definition) is 5. The Kier molecular flexibility index (Phi) is 5.75. The topological polar surface area (TPSA) is 66.9 Å². The fourth-order valence-electron chi connectivity index (χ4n) is 4.95. The molecule has 0 fully saturated rings. The number of fused-ring (bicyclic) bond motifs is 2. The summed E-state index contributed by atoms with van der Waals surface area (Å²) < 4.78 is 6.08. The molecule has 0 radical (unpaired) electrons. The molecule has 6 nitrogen and oxygen atoms in total. The molecule has 5 rings (SSSR count). The van der Waals surface area contributed by atoms with Crippen LogP contribution < -0.4 is 0 Å². The van der Waals surface area contributed by atoms with E-state index in [4.69, 9.17) is 4.74 Å². The highest BCUT2D eigenvalue weighted by molar-refractivity contribution is 6.21. The molecule has 0 bridgehead atoms. The number of nitrogens with zero attached hydrogens (tertiary/aromatic N) is 2. The second-order valence-electron chi connectivity index (χ2n) is 9.02. The summed E-state index contributed by atoms with van der Waals surface area (Å²) in [5.41, 5.74) is 3.63. The van der Waals surface area contributed by atoms with Crippen molar-refractivity contribution in [2.75, 3.05) is 14.1 Å². The number of imide groups is 1. The van der Waals surface area contributed by atoms with Crippen molar-refractivity contribution in [3.8, 4) is 0 Å². The Morgan fingerprint density at radius 1 is 0.912 bits per heavy atom. The van der Waals surface area contributed by atoms with Crippen LogP contribution in [-0.2, 0) is 22.4 Å². The molecule has 172 valence electrons. The van der Waals surface area contributed by atoms with Gasteiger partial charge in [-0.3, -0.25) is 24.2 Å². The zero-order chi connectivity index (χ0) is 23.8.